The number of aliphatic carboxylic acids is 1. The summed E-state index contributed by atoms with van der Waals surface area (Å²) in [6.45, 7) is 11.5. The number of carboxylic acids is 1. The molecule has 1 amide bonds. The molecule has 0 spiro atoms. The van der Waals surface area contributed by atoms with Crippen LogP contribution < -0.4 is 10.9 Å². The highest BCUT2D eigenvalue weighted by Crippen LogP contribution is 2.35. The molecule has 1 aromatic carbocycles. The van der Waals surface area contributed by atoms with E-state index in [4.69, 9.17) is 0 Å². The fraction of sp³-hybridized carbons (Fsp3) is 0.469. The zero-order chi connectivity index (χ0) is 29.8. The van der Waals surface area contributed by atoms with Crippen molar-refractivity contribution in [1.29, 1.82) is 0 Å². The van der Waals surface area contributed by atoms with Gasteiger partial charge in [-0.25, -0.2) is 4.39 Å². The molecule has 41 heavy (non-hydrogen) atoms. The summed E-state index contributed by atoms with van der Waals surface area (Å²) in [6, 6.07) is 8.06. The van der Waals surface area contributed by atoms with Gasteiger partial charge in [-0.3, -0.25) is 19.3 Å². The highest BCUT2D eigenvalue weighted by atomic mass is 32.1. The average molecular weight is 582 g/mol. The number of carbonyl (C=O) groups excluding carboxylic acids is 1. The van der Waals surface area contributed by atoms with Crippen molar-refractivity contribution < 1.29 is 19.1 Å². The Morgan fingerprint density at radius 2 is 1.80 bits per heavy atom. The summed E-state index contributed by atoms with van der Waals surface area (Å²) in [5.74, 6) is -1.30. The molecule has 2 atom stereocenters. The van der Waals surface area contributed by atoms with Crippen molar-refractivity contribution >= 4 is 23.2 Å². The van der Waals surface area contributed by atoms with E-state index in [1.807, 2.05) is 69.2 Å². The third-order valence-electron chi connectivity index (χ3n) is 7.78. The molecule has 1 aliphatic heterocycles. The molecule has 4 rings (SSSR count). The lowest BCUT2D eigenvalue weighted by atomic mass is 9.98. The second kappa shape index (κ2) is 13.1. The first-order chi connectivity index (χ1) is 19.4. The summed E-state index contributed by atoms with van der Waals surface area (Å²) >= 11 is 1.52. The Labute approximate surface area is 245 Å². The number of hydrogen-bond donors (Lipinski definition) is 2. The lowest BCUT2D eigenvalue weighted by Crippen LogP contribution is -2.49. The van der Waals surface area contributed by atoms with Crippen LogP contribution in [0.1, 0.15) is 66.6 Å². The van der Waals surface area contributed by atoms with Gasteiger partial charge in [0.25, 0.3) is 5.56 Å². The lowest BCUT2D eigenvalue weighted by Gasteiger charge is -2.34. The van der Waals surface area contributed by atoms with Crippen LogP contribution in [0.4, 0.5) is 4.39 Å². The summed E-state index contributed by atoms with van der Waals surface area (Å²) in [5.41, 5.74) is 5.59. The molecular weight excluding hydrogens is 541 g/mol. The first kappa shape index (κ1) is 30.7. The Balaban J connectivity index is 1.61. The van der Waals surface area contributed by atoms with E-state index < -0.39 is 24.2 Å². The topological polar surface area (TPSA) is 91.6 Å². The minimum absolute atomic E-state index is 0.111. The van der Waals surface area contributed by atoms with Crippen molar-refractivity contribution in [2.45, 2.75) is 72.1 Å². The van der Waals surface area contributed by atoms with Crippen LogP contribution in [0.25, 0.3) is 10.4 Å². The van der Waals surface area contributed by atoms with Crippen molar-refractivity contribution in [1.82, 2.24) is 14.8 Å². The van der Waals surface area contributed by atoms with Gasteiger partial charge in [0.2, 0.25) is 5.91 Å². The third-order valence-corrected chi connectivity index (χ3v) is 8.75. The van der Waals surface area contributed by atoms with Crippen LogP contribution in [-0.4, -0.2) is 52.3 Å². The molecule has 9 heteroatoms. The summed E-state index contributed by atoms with van der Waals surface area (Å²) in [6.07, 6.45) is 1.77. The van der Waals surface area contributed by atoms with Gasteiger partial charge in [0, 0.05) is 36.8 Å². The van der Waals surface area contributed by atoms with Crippen molar-refractivity contribution in [3.05, 3.63) is 80.1 Å². The molecular formula is C32H40FN3O4S. The SMILES string of the molecule is Cc1cc(=O)n([C@H](CC(C)C)C(=O)N[C@@H](CC(=O)O)c2csc(-c3c(C)cccc3C)c2)cc1CCN1CC(F)C1. The number of carbonyl (C=O) groups is 2. The molecule has 1 saturated heterocycles. The van der Waals surface area contributed by atoms with Gasteiger partial charge in [-0.15, -0.1) is 11.3 Å². The van der Waals surface area contributed by atoms with Crippen molar-refractivity contribution in [2.75, 3.05) is 19.6 Å². The number of aryl methyl sites for hydroxylation is 3. The van der Waals surface area contributed by atoms with E-state index in [9.17, 15) is 23.9 Å². The number of carboxylic acid groups (broad SMARTS) is 1. The van der Waals surface area contributed by atoms with Gasteiger partial charge in [0.05, 0.1) is 12.5 Å². The molecule has 7 nitrogen and oxygen atoms in total. The van der Waals surface area contributed by atoms with Gasteiger partial charge in [0.1, 0.15) is 12.2 Å². The minimum atomic E-state index is -1.02. The quantitative estimate of drug-likeness (QED) is 0.290. The molecule has 220 valence electrons. The van der Waals surface area contributed by atoms with Crippen LogP contribution in [0, 0.1) is 26.7 Å². The maximum atomic E-state index is 13.8. The predicted molar refractivity (Wildman–Crippen MR) is 161 cm³/mol. The zero-order valence-electron chi connectivity index (χ0n) is 24.4. The highest BCUT2D eigenvalue weighted by Gasteiger charge is 2.29. The molecule has 0 bridgehead atoms. The van der Waals surface area contributed by atoms with Crippen LogP contribution in [-0.2, 0) is 16.0 Å². The molecule has 0 saturated carbocycles. The Bertz CT molecular complexity index is 1440. The standard InChI is InChI=1S/C32H40FN3O4S/c1-19(2)11-27(36-15-23(22(5)12-29(36)37)9-10-35-16-25(33)17-35)32(40)34-26(14-30(38)39)24-13-28(41-18-24)31-20(3)7-6-8-21(31)4/h6-8,12-13,15,18-19,25-27H,9-11,14,16-17H2,1-5H3,(H,34,40)(H,38,39)/t26-,27+/m0/s1. The first-order valence-electron chi connectivity index (χ1n) is 14.2. The molecule has 0 aliphatic carbocycles. The van der Waals surface area contributed by atoms with Gasteiger partial charge in [0.15, 0.2) is 0 Å². The molecule has 1 fully saturated rings. The van der Waals surface area contributed by atoms with E-state index in [0.717, 1.165) is 38.3 Å². The van der Waals surface area contributed by atoms with E-state index >= 15 is 0 Å². The molecule has 0 radical (unpaired) electrons. The van der Waals surface area contributed by atoms with Crippen LogP contribution in [0.15, 0.2) is 46.7 Å². The molecule has 0 unspecified atom stereocenters. The fourth-order valence-corrected chi connectivity index (χ4v) is 6.65. The Morgan fingerprint density at radius 1 is 1.12 bits per heavy atom. The zero-order valence-corrected chi connectivity index (χ0v) is 25.3. The first-order valence-corrected chi connectivity index (χ1v) is 15.1. The number of aromatic nitrogens is 1. The van der Waals surface area contributed by atoms with Crippen LogP contribution >= 0.6 is 11.3 Å². The summed E-state index contributed by atoms with van der Waals surface area (Å²) in [7, 11) is 0. The van der Waals surface area contributed by atoms with E-state index in [0.29, 0.717) is 32.5 Å². The number of thiophene rings is 1. The maximum Gasteiger partial charge on any atom is 0.305 e. The summed E-state index contributed by atoms with van der Waals surface area (Å²) < 4.78 is 14.8. The number of nitrogens with zero attached hydrogens (tertiary/aromatic N) is 2. The highest BCUT2D eigenvalue weighted by molar-refractivity contribution is 7.13. The molecule has 3 aromatic rings. The van der Waals surface area contributed by atoms with Gasteiger partial charge in [-0.1, -0.05) is 32.0 Å². The monoisotopic (exact) mass is 581 g/mol. The van der Waals surface area contributed by atoms with E-state index in [1.165, 1.54) is 15.9 Å². The Kier molecular flexibility index (Phi) is 9.81. The molecule has 2 N–H and O–H groups in total. The van der Waals surface area contributed by atoms with Crippen LogP contribution in [0.2, 0.25) is 0 Å². The van der Waals surface area contributed by atoms with Gasteiger partial charge in [-0.2, -0.15) is 0 Å². The van der Waals surface area contributed by atoms with E-state index in [-0.39, 0.29) is 23.8 Å². The normalized spacial score (nSPS) is 15.5. The Morgan fingerprint density at radius 3 is 2.41 bits per heavy atom. The lowest BCUT2D eigenvalue weighted by molar-refractivity contribution is -0.138. The second-order valence-electron chi connectivity index (χ2n) is 11.6. The number of amides is 1. The van der Waals surface area contributed by atoms with Gasteiger partial charge in [-0.05, 0) is 84.4 Å². The van der Waals surface area contributed by atoms with E-state index in [2.05, 4.69) is 5.32 Å². The molecule has 2 aromatic heterocycles. The van der Waals surface area contributed by atoms with Crippen molar-refractivity contribution in [2.24, 2.45) is 5.92 Å². The largest absolute Gasteiger partial charge is 0.481 e. The summed E-state index contributed by atoms with van der Waals surface area (Å²) in [5, 5.41) is 14.6. The molecule has 1 aliphatic rings. The summed E-state index contributed by atoms with van der Waals surface area (Å²) in [4.78, 5) is 41.9. The number of likely N-dealkylation sites (tertiary alicyclic amines) is 1. The molecule has 3 heterocycles. The smallest absolute Gasteiger partial charge is 0.305 e. The minimum Gasteiger partial charge on any atom is -0.481 e. The fourth-order valence-electron chi connectivity index (χ4n) is 5.52. The number of alkyl halides is 1. The second-order valence-corrected chi connectivity index (χ2v) is 12.6. The van der Waals surface area contributed by atoms with Crippen LogP contribution in [0.3, 0.4) is 0 Å². The predicted octanol–water partition coefficient (Wildman–Crippen LogP) is 5.62. The number of halogens is 1. The number of benzene rings is 1. The Hall–Kier alpha value is -3.30. The number of pyridine rings is 1. The van der Waals surface area contributed by atoms with Gasteiger partial charge < -0.3 is 15.0 Å². The van der Waals surface area contributed by atoms with Crippen molar-refractivity contribution in [3.63, 3.8) is 0 Å². The van der Waals surface area contributed by atoms with Gasteiger partial charge >= 0.3 is 5.97 Å². The number of nitrogens with one attached hydrogen (secondary N) is 1. The van der Waals surface area contributed by atoms with Crippen LogP contribution in [0.5, 0.6) is 0 Å². The average Bonchev–Trinajstić information content (AvgIpc) is 3.34. The van der Waals surface area contributed by atoms with E-state index in [1.54, 1.807) is 12.3 Å². The number of hydrogen-bond acceptors (Lipinski definition) is 5. The number of rotatable bonds is 12. The maximum absolute atomic E-state index is 13.8. The third kappa shape index (κ3) is 7.51. The van der Waals surface area contributed by atoms with Crippen molar-refractivity contribution in [3.8, 4) is 10.4 Å².